The van der Waals surface area contributed by atoms with Crippen LogP contribution in [0.1, 0.15) is 25.0 Å². The number of carbonyl (C=O) groups excluding carboxylic acids is 1. The van der Waals surface area contributed by atoms with Gasteiger partial charge in [-0.25, -0.2) is 4.98 Å². The first-order valence-corrected chi connectivity index (χ1v) is 6.44. The van der Waals surface area contributed by atoms with E-state index in [4.69, 9.17) is 5.73 Å². The summed E-state index contributed by atoms with van der Waals surface area (Å²) in [6.07, 6.45) is -2.51. The molecular formula is C13H16F3N3O. The Morgan fingerprint density at radius 2 is 2.20 bits per heavy atom. The Morgan fingerprint density at radius 3 is 2.85 bits per heavy atom. The molecule has 1 amide bonds. The number of anilines is 1. The maximum atomic E-state index is 12.6. The van der Waals surface area contributed by atoms with Crippen LogP contribution in [0.5, 0.6) is 0 Å². The van der Waals surface area contributed by atoms with Crippen LogP contribution >= 0.6 is 0 Å². The van der Waals surface area contributed by atoms with Crippen LogP contribution < -0.4 is 10.6 Å². The van der Waals surface area contributed by atoms with Crippen molar-refractivity contribution in [2.45, 2.75) is 25.4 Å². The first-order valence-electron chi connectivity index (χ1n) is 6.44. The number of amides is 1. The molecule has 2 rings (SSSR count). The Hall–Kier alpha value is -1.79. The van der Waals surface area contributed by atoms with Crippen LogP contribution in [0.15, 0.2) is 18.2 Å². The SMILES string of the molecule is NC(=O)CC1CCCN(c2cccc(C(F)(F)F)n2)C1. The molecule has 2 heterocycles. The summed E-state index contributed by atoms with van der Waals surface area (Å²) in [5.74, 6) is 0.000407. The van der Waals surface area contributed by atoms with E-state index in [-0.39, 0.29) is 18.2 Å². The number of carbonyl (C=O) groups is 1. The van der Waals surface area contributed by atoms with Gasteiger partial charge in [-0.05, 0) is 30.9 Å². The van der Waals surface area contributed by atoms with E-state index in [0.29, 0.717) is 18.9 Å². The van der Waals surface area contributed by atoms with Gasteiger partial charge in [0.25, 0.3) is 0 Å². The van der Waals surface area contributed by atoms with Crippen molar-refractivity contribution in [1.82, 2.24) is 4.98 Å². The second-order valence-corrected chi connectivity index (χ2v) is 5.00. The molecule has 1 aromatic rings. The predicted octanol–water partition coefficient (Wildman–Crippen LogP) is 2.19. The number of nitrogens with two attached hydrogens (primary N) is 1. The maximum absolute atomic E-state index is 12.6. The molecule has 0 radical (unpaired) electrons. The standard InChI is InChI=1S/C13H16F3N3O/c14-13(15,16)10-4-1-5-12(18-10)19-6-2-3-9(8-19)7-11(17)20/h1,4-5,9H,2-3,6-8H2,(H2,17,20). The monoisotopic (exact) mass is 287 g/mol. The van der Waals surface area contributed by atoms with E-state index in [0.717, 1.165) is 18.9 Å². The molecule has 0 aliphatic carbocycles. The molecule has 0 saturated carbocycles. The molecule has 1 aliphatic rings. The molecule has 0 spiro atoms. The zero-order chi connectivity index (χ0) is 14.8. The van der Waals surface area contributed by atoms with Gasteiger partial charge in [-0.1, -0.05) is 6.07 Å². The molecule has 0 aromatic carbocycles. The molecule has 110 valence electrons. The van der Waals surface area contributed by atoms with Crippen LogP contribution in [0.2, 0.25) is 0 Å². The minimum atomic E-state index is -4.45. The topological polar surface area (TPSA) is 59.2 Å². The number of nitrogens with zero attached hydrogens (tertiary/aromatic N) is 2. The number of rotatable bonds is 3. The Morgan fingerprint density at radius 1 is 1.45 bits per heavy atom. The van der Waals surface area contributed by atoms with Crippen LogP contribution in [0.4, 0.5) is 19.0 Å². The van der Waals surface area contributed by atoms with Gasteiger partial charge in [0.05, 0.1) is 0 Å². The van der Waals surface area contributed by atoms with Gasteiger partial charge < -0.3 is 10.6 Å². The summed E-state index contributed by atoms with van der Waals surface area (Å²) in [6, 6.07) is 3.86. The van der Waals surface area contributed by atoms with Crippen LogP contribution in [-0.4, -0.2) is 24.0 Å². The second-order valence-electron chi connectivity index (χ2n) is 5.00. The molecule has 2 N–H and O–H groups in total. The Balaban J connectivity index is 2.13. The third-order valence-electron chi connectivity index (χ3n) is 3.36. The lowest BCUT2D eigenvalue weighted by Gasteiger charge is -2.33. The summed E-state index contributed by atoms with van der Waals surface area (Å²) in [6.45, 7) is 1.15. The van der Waals surface area contributed by atoms with Crippen LogP contribution in [-0.2, 0) is 11.0 Å². The van der Waals surface area contributed by atoms with Gasteiger partial charge in [0.1, 0.15) is 11.5 Å². The normalized spacial score (nSPS) is 19.9. The van der Waals surface area contributed by atoms with Gasteiger partial charge in [0.15, 0.2) is 0 Å². The molecule has 4 nitrogen and oxygen atoms in total. The summed E-state index contributed by atoms with van der Waals surface area (Å²) in [5, 5.41) is 0. The first kappa shape index (κ1) is 14.6. The van der Waals surface area contributed by atoms with E-state index >= 15 is 0 Å². The highest BCUT2D eigenvalue weighted by molar-refractivity contribution is 5.74. The molecule has 1 aromatic heterocycles. The van der Waals surface area contributed by atoms with Crippen LogP contribution in [0.3, 0.4) is 0 Å². The third-order valence-corrected chi connectivity index (χ3v) is 3.36. The second kappa shape index (κ2) is 5.68. The molecule has 7 heteroatoms. The minimum absolute atomic E-state index is 0.0811. The van der Waals surface area contributed by atoms with E-state index in [1.54, 1.807) is 11.0 Å². The fourth-order valence-corrected chi connectivity index (χ4v) is 2.48. The largest absolute Gasteiger partial charge is 0.433 e. The van der Waals surface area contributed by atoms with Gasteiger partial charge in [-0.3, -0.25) is 4.79 Å². The summed E-state index contributed by atoms with van der Waals surface area (Å²) < 4.78 is 37.9. The highest BCUT2D eigenvalue weighted by atomic mass is 19.4. The molecule has 1 fully saturated rings. The zero-order valence-electron chi connectivity index (χ0n) is 10.9. The zero-order valence-corrected chi connectivity index (χ0v) is 10.9. The van der Waals surface area contributed by atoms with Crippen molar-refractivity contribution in [3.8, 4) is 0 Å². The number of alkyl halides is 3. The van der Waals surface area contributed by atoms with E-state index in [9.17, 15) is 18.0 Å². The van der Waals surface area contributed by atoms with Gasteiger partial charge in [-0.15, -0.1) is 0 Å². The van der Waals surface area contributed by atoms with E-state index < -0.39 is 11.9 Å². The molecular weight excluding hydrogens is 271 g/mol. The lowest BCUT2D eigenvalue weighted by molar-refractivity contribution is -0.141. The van der Waals surface area contributed by atoms with Crippen LogP contribution in [0, 0.1) is 5.92 Å². The van der Waals surface area contributed by atoms with Crippen molar-refractivity contribution in [3.63, 3.8) is 0 Å². The third kappa shape index (κ3) is 3.61. The fraction of sp³-hybridized carbons (Fsp3) is 0.538. The summed E-state index contributed by atoms with van der Waals surface area (Å²) in [7, 11) is 0. The lowest BCUT2D eigenvalue weighted by atomic mass is 9.94. The van der Waals surface area contributed by atoms with Crippen molar-refractivity contribution >= 4 is 11.7 Å². The van der Waals surface area contributed by atoms with Crippen molar-refractivity contribution in [3.05, 3.63) is 23.9 Å². The number of piperidine rings is 1. The number of aromatic nitrogens is 1. The summed E-state index contributed by atoms with van der Waals surface area (Å²) in [5.41, 5.74) is 4.27. The number of hydrogen-bond donors (Lipinski definition) is 1. The summed E-state index contributed by atoms with van der Waals surface area (Å²) in [4.78, 5) is 16.4. The Kier molecular flexibility index (Phi) is 4.15. The number of halogens is 3. The number of primary amides is 1. The number of hydrogen-bond acceptors (Lipinski definition) is 3. The van der Waals surface area contributed by atoms with Gasteiger partial charge in [-0.2, -0.15) is 13.2 Å². The van der Waals surface area contributed by atoms with Crippen molar-refractivity contribution in [2.75, 3.05) is 18.0 Å². The Labute approximate surface area is 114 Å². The Bertz CT molecular complexity index is 490. The lowest BCUT2D eigenvalue weighted by Crippen LogP contribution is -2.37. The van der Waals surface area contributed by atoms with Gasteiger partial charge in [0, 0.05) is 19.5 Å². The van der Waals surface area contributed by atoms with E-state index in [2.05, 4.69) is 4.98 Å². The fourth-order valence-electron chi connectivity index (χ4n) is 2.48. The summed E-state index contributed by atoms with van der Waals surface area (Å²) >= 11 is 0. The predicted molar refractivity (Wildman–Crippen MR) is 68.0 cm³/mol. The highest BCUT2D eigenvalue weighted by Gasteiger charge is 2.33. The van der Waals surface area contributed by atoms with Crippen LogP contribution in [0.25, 0.3) is 0 Å². The van der Waals surface area contributed by atoms with E-state index in [1.165, 1.54) is 6.07 Å². The van der Waals surface area contributed by atoms with Gasteiger partial charge >= 0.3 is 6.18 Å². The molecule has 1 saturated heterocycles. The highest BCUT2D eigenvalue weighted by Crippen LogP contribution is 2.30. The van der Waals surface area contributed by atoms with Gasteiger partial charge in [0.2, 0.25) is 5.91 Å². The molecule has 1 unspecified atom stereocenters. The minimum Gasteiger partial charge on any atom is -0.370 e. The molecule has 1 atom stereocenters. The average molecular weight is 287 g/mol. The molecule has 20 heavy (non-hydrogen) atoms. The van der Waals surface area contributed by atoms with Crippen molar-refractivity contribution in [2.24, 2.45) is 11.7 Å². The average Bonchev–Trinajstić information content (AvgIpc) is 2.37. The number of pyridine rings is 1. The first-order chi connectivity index (χ1) is 9.36. The van der Waals surface area contributed by atoms with Crippen molar-refractivity contribution < 1.29 is 18.0 Å². The van der Waals surface area contributed by atoms with E-state index in [1.807, 2.05) is 0 Å². The van der Waals surface area contributed by atoms with Crippen molar-refractivity contribution in [1.29, 1.82) is 0 Å². The molecule has 1 aliphatic heterocycles. The smallest absolute Gasteiger partial charge is 0.370 e. The quantitative estimate of drug-likeness (QED) is 0.927. The molecule has 0 bridgehead atoms. The maximum Gasteiger partial charge on any atom is 0.433 e.